The van der Waals surface area contributed by atoms with Gasteiger partial charge in [-0.05, 0) is 36.6 Å². The van der Waals surface area contributed by atoms with Gasteiger partial charge in [-0.1, -0.05) is 25.4 Å². The number of carbonyl (C=O) groups excluding carboxylic acids is 2. The Morgan fingerprint density at radius 3 is 2.48 bits per heavy atom. The first-order valence-electron chi connectivity index (χ1n) is 8.67. The molecule has 1 aliphatic heterocycles. The molecular formula is C17H24ClN3O5S. The molecule has 1 saturated heterocycles. The molecule has 1 aliphatic rings. The van der Waals surface area contributed by atoms with Crippen molar-refractivity contribution >= 4 is 33.4 Å². The number of halogens is 1. The summed E-state index contributed by atoms with van der Waals surface area (Å²) in [6.07, 6.45) is -0.354. The van der Waals surface area contributed by atoms with Gasteiger partial charge in [-0.15, -0.1) is 0 Å². The predicted molar refractivity (Wildman–Crippen MR) is 101 cm³/mol. The van der Waals surface area contributed by atoms with Crippen LogP contribution in [0.3, 0.4) is 0 Å². The van der Waals surface area contributed by atoms with Crippen LogP contribution in [0.2, 0.25) is 5.02 Å². The Morgan fingerprint density at radius 2 is 1.85 bits per heavy atom. The Kier molecular flexibility index (Phi) is 7.60. The van der Waals surface area contributed by atoms with Crippen LogP contribution in [-0.4, -0.2) is 57.0 Å². The normalized spacial score (nSPS) is 18.3. The number of hydrogen-bond acceptors (Lipinski definition) is 5. The van der Waals surface area contributed by atoms with Crippen molar-refractivity contribution in [2.24, 2.45) is 5.92 Å². The third-order valence-electron chi connectivity index (χ3n) is 3.89. The van der Waals surface area contributed by atoms with Crippen LogP contribution in [-0.2, 0) is 24.3 Å². The zero-order valence-corrected chi connectivity index (χ0v) is 16.8. The Bertz CT molecular complexity index is 767. The van der Waals surface area contributed by atoms with E-state index in [1.807, 2.05) is 13.8 Å². The summed E-state index contributed by atoms with van der Waals surface area (Å²) >= 11 is 5.82. The summed E-state index contributed by atoms with van der Waals surface area (Å²) in [6.45, 7) is 4.70. The van der Waals surface area contributed by atoms with Gasteiger partial charge < -0.3 is 15.4 Å². The van der Waals surface area contributed by atoms with Crippen molar-refractivity contribution in [3.63, 3.8) is 0 Å². The molecule has 0 aromatic heterocycles. The summed E-state index contributed by atoms with van der Waals surface area (Å²) in [5, 5.41) is 5.37. The van der Waals surface area contributed by atoms with E-state index in [2.05, 4.69) is 10.6 Å². The van der Waals surface area contributed by atoms with E-state index in [1.165, 1.54) is 28.6 Å². The summed E-state index contributed by atoms with van der Waals surface area (Å²) in [4.78, 5) is 23.7. The summed E-state index contributed by atoms with van der Waals surface area (Å²) in [5.74, 6) is -1.37. The van der Waals surface area contributed by atoms with E-state index in [9.17, 15) is 18.0 Å². The molecule has 1 unspecified atom stereocenters. The van der Waals surface area contributed by atoms with E-state index in [0.717, 1.165) is 0 Å². The lowest BCUT2D eigenvalue weighted by Gasteiger charge is -2.34. The third-order valence-corrected chi connectivity index (χ3v) is 6.04. The van der Waals surface area contributed by atoms with E-state index < -0.39 is 28.1 Å². The van der Waals surface area contributed by atoms with Gasteiger partial charge in [0.15, 0.2) is 0 Å². The molecule has 150 valence electrons. The summed E-state index contributed by atoms with van der Waals surface area (Å²) in [5.41, 5.74) is 0. The zero-order chi connectivity index (χ0) is 20.0. The number of ether oxygens (including phenoxy) is 1. The molecule has 1 atom stereocenters. The molecule has 0 bridgehead atoms. The molecule has 2 N–H and O–H groups in total. The number of benzene rings is 1. The number of nitrogens with zero attached hydrogens (tertiary/aromatic N) is 1. The molecule has 0 saturated carbocycles. The van der Waals surface area contributed by atoms with Crippen LogP contribution in [0.1, 0.15) is 20.3 Å². The van der Waals surface area contributed by atoms with Crippen molar-refractivity contribution in [1.82, 2.24) is 14.9 Å². The Labute approximate surface area is 164 Å². The highest BCUT2D eigenvalue weighted by Gasteiger charge is 2.34. The van der Waals surface area contributed by atoms with Gasteiger partial charge in [-0.2, -0.15) is 4.31 Å². The van der Waals surface area contributed by atoms with Gasteiger partial charge in [0.1, 0.15) is 6.23 Å². The van der Waals surface area contributed by atoms with Crippen LogP contribution in [0.4, 0.5) is 0 Å². The molecule has 1 fully saturated rings. The van der Waals surface area contributed by atoms with E-state index in [1.54, 1.807) is 0 Å². The topological polar surface area (TPSA) is 105 Å². The monoisotopic (exact) mass is 417 g/mol. The maximum absolute atomic E-state index is 12.9. The second-order valence-electron chi connectivity index (χ2n) is 6.56. The number of hydrogen-bond donors (Lipinski definition) is 2. The lowest BCUT2D eigenvalue weighted by atomic mass is 10.2. The van der Waals surface area contributed by atoms with Crippen molar-refractivity contribution in [3.05, 3.63) is 29.3 Å². The molecule has 1 heterocycles. The average molecular weight is 418 g/mol. The Morgan fingerprint density at radius 1 is 1.22 bits per heavy atom. The molecule has 0 radical (unpaired) electrons. The second-order valence-corrected chi connectivity index (χ2v) is 8.89. The minimum atomic E-state index is -3.82. The fourth-order valence-corrected chi connectivity index (χ4v) is 4.17. The molecule has 2 amide bonds. The van der Waals surface area contributed by atoms with Gasteiger partial charge in [0.05, 0.1) is 18.0 Å². The number of carbonyl (C=O) groups is 2. The van der Waals surface area contributed by atoms with E-state index >= 15 is 0 Å². The van der Waals surface area contributed by atoms with Crippen LogP contribution < -0.4 is 10.6 Å². The van der Waals surface area contributed by atoms with Crippen molar-refractivity contribution < 1.29 is 22.7 Å². The van der Waals surface area contributed by atoms with E-state index in [0.29, 0.717) is 24.6 Å². The van der Waals surface area contributed by atoms with Crippen molar-refractivity contribution in [2.75, 3.05) is 26.2 Å². The smallest absolute Gasteiger partial charge is 0.309 e. The van der Waals surface area contributed by atoms with Crippen LogP contribution in [0.15, 0.2) is 29.2 Å². The SMILES string of the molecule is CC(C)CNC(=O)C(=O)NCC1OCCCN1S(=O)(=O)c1ccc(Cl)cc1. The van der Waals surface area contributed by atoms with Crippen LogP contribution >= 0.6 is 11.6 Å². The maximum atomic E-state index is 12.9. The second kappa shape index (κ2) is 9.50. The fraction of sp³-hybridized carbons (Fsp3) is 0.529. The number of rotatable bonds is 6. The summed E-state index contributed by atoms with van der Waals surface area (Å²) in [6, 6.07) is 5.83. The van der Waals surface area contributed by atoms with Gasteiger partial charge in [-0.3, -0.25) is 9.59 Å². The summed E-state index contributed by atoms with van der Waals surface area (Å²) < 4.78 is 32.5. The first-order chi connectivity index (χ1) is 12.7. The van der Waals surface area contributed by atoms with Crippen LogP contribution in [0.25, 0.3) is 0 Å². The van der Waals surface area contributed by atoms with Crippen LogP contribution in [0.5, 0.6) is 0 Å². The molecule has 0 spiro atoms. The Hall–Kier alpha value is -1.68. The van der Waals surface area contributed by atoms with Crippen molar-refractivity contribution in [3.8, 4) is 0 Å². The molecule has 0 aliphatic carbocycles. The molecule has 27 heavy (non-hydrogen) atoms. The van der Waals surface area contributed by atoms with Gasteiger partial charge in [0, 0.05) is 18.1 Å². The fourth-order valence-electron chi connectivity index (χ4n) is 2.48. The first kappa shape index (κ1) is 21.6. The molecular weight excluding hydrogens is 394 g/mol. The van der Waals surface area contributed by atoms with E-state index in [4.69, 9.17) is 16.3 Å². The lowest BCUT2D eigenvalue weighted by molar-refractivity contribution is -0.140. The third kappa shape index (κ3) is 5.90. The van der Waals surface area contributed by atoms with Crippen molar-refractivity contribution in [2.45, 2.75) is 31.4 Å². The standard InChI is InChI=1S/C17H24ClN3O5S/c1-12(2)10-19-16(22)17(23)20-11-15-21(8-3-9-26-15)27(24,25)14-6-4-13(18)5-7-14/h4-7,12,15H,3,8-11H2,1-2H3,(H,19,22)(H,20,23). The predicted octanol–water partition coefficient (Wildman–Crippen LogP) is 0.966. The molecule has 8 nitrogen and oxygen atoms in total. The van der Waals surface area contributed by atoms with Gasteiger partial charge in [0.2, 0.25) is 10.0 Å². The van der Waals surface area contributed by atoms with Gasteiger partial charge >= 0.3 is 11.8 Å². The van der Waals surface area contributed by atoms with E-state index in [-0.39, 0.29) is 23.9 Å². The van der Waals surface area contributed by atoms with Gasteiger partial charge in [-0.25, -0.2) is 8.42 Å². The Balaban J connectivity index is 2.03. The highest BCUT2D eigenvalue weighted by molar-refractivity contribution is 7.89. The minimum absolute atomic E-state index is 0.0865. The zero-order valence-electron chi connectivity index (χ0n) is 15.3. The van der Waals surface area contributed by atoms with Gasteiger partial charge in [0.25, 0.3) is 0 Å². The molecule has 1 aromatic carbocycles. The molecule has 2 rings (SSSR count). The van der Waals surface area contributed by atoms with Crippen LogP contribution in [0, 0.1) is 5.92 Å². The first-order valence-corrected chi connectivity index (χ1v) is 10.5. The molecule has 10 heteroatoms. The quantitative estimate of drug-likeness (QED) is 0.671. The minimum Gasteiger partial charge on any atom is -0.360 e. The lowest BCUT2D eigenvalue weighted by Crippen LogP contribution is -2.53. The summed E-state index contributed by atoms with van der Waals surface area (Å²) in [7, 11) is -3.82. The highest BCUT2D eigenvalue weighted by Crippen LogP contribution is 2.23. The highest BCUT2D eigenvalue weighted by atomic mass is 35.5. The average Bonchev–Trinajstić information content (AvgIpc) is 2.64. The number of amides is 2. The molecule has 1 aromatic rings. The number of sulfonamides is 1. The number of nitrogens with one attached hydrogen (secondary N) is 2. The van der Waals surface area contributed by atoms with Crippen molar-refractivity contribution in [1.29, 1.82) is 0 Å². The maximum Gasteiger partial charge on any atom is 0.309 e. The largest absolute Gasteiger partial charge is 0.360 e.